The molecule has 0 aliphatic carbocycles. The molecule has 36 heavy (non-hydrogen) atoms. The molecule has 6 nitrogen and oxygen atoms in total. The normalized spacial score (nSPS) is 15.8. The Morgan fingerprint density at radius 3 is 2.53 bits per heavy atom. The third kappa shape index (κ3) is 4.52. The monoisotopic (exact) mass is 482 g/mol. The van der Waals surface area contributed by atoms with E-state index in [-0.39, 0.29) is 18.4 Å². The second-order valence-electron chi connectivity index (χ2n) is 8.95. The van der Waals surface area contributed by atoms with Crippen molar-refractivity contribution in [3.8, 4) is 11.4 Å². The predicted octanol–water partition coefficient (Wildman–Crippen LogP) is 6.44. The highest BCUT2D eigenvalue weighted by molar-refractivity contribution is 5.87. The summed E-state index contributed by atoms with van der Waals surface area (Å²) in [5.74, 6) is 0.412. The van der Waals surface area contributed by atoms with Crippen LogP contribution in [0.1, 0.15) is 48.0 Å². The molecule has 1 N–H and O–H groups in total. The maximum Gasteiger partial charge on any atom is 0.322 e. The first-order chi connectivity index (χ1) is 17.4. The number of aromatic nitrogens is 2. The molecule has 182 valence electrons. The molecule has 3 aromatic carbocycles. The van der Waals surface area contributed by atoms with Crippen LogP contribution in [-0.2, 0) is 13.0 Å². The zero-order valence-corrected chi connectivity index (χ0v) is 20.5. The number of halogens is 1. The third-order valence-corrected chi connectivity index (χ3v) is 6.54. The Bertz CT molecular complexity index is 1440. The van der Waals surface area contributed by atoms with Crippen molar-refractivity contribution in [3.63, 3.8) is 0 Å². The van der Waals surface area contributed by atoms with E-state index in [1.54, 1.807) is 18.2 Å². The van der Waals surface area contributed by atoms with Crippen LogP contribution in [0, 0.1) is 12.7 Å². The fourth-order valence-electron chi connectivity index (χ4n) is 4.48. The number of carbonyl (C=O) groups excluding carboxylic acids is 1. The van der Waals surface area contributed by atoms with Gasteiger partial charge in [0, 0.05) is 16.8 Å². The number of aryl methyl sites for hydroxylation is 2. The van der Waals surface area contributed by atoms with Crippen molar-refractivity contribution in [2.45, 2.75) is 39.8 Å². The van der Waals surface area contributed by atoms with Crippen LogP contribution in [0.15, 0.2) is 83.0 Å². The predicted molar refractivity (Wildman–Crippen MR) is 136 cm³/mol. The SMILES string of the molecule is CCc1ccc(C2NC(=O)N(Cc3ccccc3F)C(C)=C2c2nc(-c3cccc(C)c3)no2)cc1. The minimum Gasteiger partial charge on any atom is -0.334 e. The van der Waals surface area contributed by atoms with Gasteiger partial charge in [0.1, 0.15) is 5.82 Å². The van der Waals surface area contributed by atoms with Crippen molar-refractivity contribution >= 4 is 11.6 Å². The Morgan fingerprint density at radius 2 is 1.81 bits per heavy atom. The number of hydrogen-bond acceptors (Lipinski definition) is 4. The van der Waals surface area contributed by atoms with Gasteiger partial charge in [0.2, 0.25) is 5.82 Å². The van der Waals surface area contributed by atoms with Crippen LogP contribution < -0.4 is 5.32 Å². The number of rotatable bonds is 6. The number of nitrogens with zero attached hydrogens (tertiary/aromatic N) is 3. The van der Waals surface area contributed by atoms with Crippen LogP contribution in [0.3, 0.4) is 0 Å². The lowest BCUT2D eigenvalue weighted by molar-refractivity contribution is 0.202. The number of benzene rings is 3. The van der Waals surface area contributed by atoms with Gasteiger partial charge in [0.25, 0.3) is 5.89 Å². The van der Waals surface area contributed by atoms with Gasteiger partial charge in [-0.1, -0.05) is 78.3 Å². The van der Waals surface area contributed by atoms with Gasteiger partial charge in [0.05, 0.1) is 18.2 Å². The molecule has 0 bridgehead atoms. The van der Waals surface area contributed by atoms with Gasteiger partial charge >= 0.3 is 6.03 Å². The molecular formula is C29H27FN4O2. The van der Waals surface area contributed by atoms with E-state index in [2.05, 4.69) is 17.4 Å². The van der Waals surface area contributed by atoms with Crippen molar-refractivity contribution in [1.29, 1.82) is 0 Å². The molecule has 0 saturated heterocycles. The standard InChI is InChI=1S/C29H27FN4O2/c1-4-20-12-14-21(15-13-20)26-25(28-32-27(33-36-28)22-10-7-8-18(2)16-22)19(3)34(29(35)31-26)17-23-9-5-6-11-24(23)30/h5-16,26H,4,17H2,1-3H3,(H,31,35). The highest BCUT2D eigenvalue weighted by Crippen LogP contribution is 2.38. The second kappa shape index (κ2) is 9.77. The van der Waals surface area contributed by atoms with Crippen molar-refractivity contribution in [2.75, 3.05) is 0 Å². The van der Waals surface area contributed by atoms with Crippen molar-refractivity contribution in [1.82, 2.24) is 20.4 Å². The number of amides is 2. The molecule has 1 aliphatic heterocycles. The third-order valence-electron chi connectivity index (χ3n) is 6.54. The summed E-state index contributed by atoms with van der Waals surface area (Å²) >= 11 is 0. The lowest BCUT2D eigenvalue weighted by atomic mass is 9.93. The Kier molecular flexibility index (Phi) is 6.38. The smallest absolute Gasteiger partial charge is 0.322 e. The fraction of sp³-hybridized carbons (Fsp3) is 0.207. The van der Waals surface area contributed by atoms with Gasteiger partial charge in [-0.05, 0) is 43.5 Å². The number of allylic oxidation sites excluding steroid dienone is 1. The molecule has 0 fully saturated rings. The number of carbonyl (C=O) groups is 1. The molecule has 7 heteroatoms. The summed E-state index contributed by atoms with van der Waals surface area (Å²) in [4.78, 5) is 19.5. The van der Waals surface area contributed by atoms with E-state index < -0.39 is 6.04 Å². The van der Waals surface area contributed by atoms with E-state index in [1.807, 2.05) is 62.4 Å². The van der Waals surface area contributed by atoms with Crippen molar-refractivity contribution in [2.24, 2.45) is 0 Å². The average Bonchev–Trinajstić information content (AvgIpc) is 3.37. The molecule has 0 saturated carbocycles. The number of nitrogens with one attached hydrogen (secondary N) is 1. The summed E-state index contributed by atoms with van der Waals surface area (Å²) in [5.41, 5.74) is 5.76. The Hall–Kier alpha value is -4.26. The van der Waals surface area contributed by atoms with Crippen molar-refractivity contribution in [3.05, 3.63) is 112 Å². The van der Waals surface area contributed by atoms with Gasteiger partial charge in [-0.2, -0.15) is 4.98 Å². The molecule has 5 rings (SSSR count). The molecule has 1 aliphatic rings. The van der Waals surface area contributed by atoms with Crippen LogP contribution >= 0.6 is 0 Å². The van der Waals surface area contributed by atoms with Gasteiger partial charge < -0.3 is 9.84 Å². The Labute approximate surface area is 209 Å². The second-order valence-corrected chi connectivity index (χ2v) is 8.95. The fourth-order valence-corrected chi connectivity index (χ4v) is 4.48. The number of urea groups is 1. The summed E-state index contributed by atoms with van der Waals surface area (Å²) in [6, 6.07) is 21.6. The molecule has 1 atom stereocenters. The molecule has 0 radical (unpaired) electrons. The summed E-state index contributed by atoms with van der Waals surface area (Å²) in [7, 11) is 0. The molecular weight excluding hydrogens is 455 g/mol. The topological polar surface area (TPSA) is 71.3 Å². The quantitative estimate of drug-likeness (QED) is 0.343. The first-order valence-corrected chi connectivity index (χ1v) is 12.0. The molecule has 2 heterocycles. The van der Waals surface area contributed by atoms with Crippen molar-refractivity contribution < 1.29 is 13.7 Å². The highest BCUT2D eigenvalue weighted by atomic mass is 19.1. The molecule has 2 amide bonds. The van der Waals surface area contributed by atoms with E-state index in [1.165, 1.54) is 16.5 Å². The van der Waals surface area contributed by atoms with Crippen LogP contribution in [0.25, 0.3) is 17.0 Å². The maximum absolute atomic E-state index is 14.4. The minimum atomic E-state index is -0.494. The van der Waals surface area contributed by atoms with E-state index in [0.717, 1.165) is 23.1 Å². The molecule has 0 spiro atoms. The van der Waals surface area contributed by atoms with Crippen LogP contribution in [-0.4, -0.2) is 21.1 Å². The molecule has 1 unspecified atom stereocenters. The van der Waals surface area contributed by atoms with Gasteiger partial charge in [0.15, 0.2) is 0 Å². The minimum absolute atomic E-state index is 0.0776. The first-order valence-electron chi connectivity index (χ1n) is 12.0. The molecule has 1 aromatic heterocycles. The zero-order chi connectivity index (χ0) is 25.2. The van der Waals surface area contributed by atoms with Gasteiger partial charge in [-0.25, -0.2) is 9.18 Å². The largest absolute Gasteiger partial charge is 0.334 e. The van der Waals surface area contributed by atoms with Gasteiger partial charge in [-0.15, -0.1) is 0 Å². The van der Waals surface area contributed by atoms with Crippen LogP contribution in [0.5, 0.6) is 0 Å². The average molecular weight is 483 g/mol. The Balaban J connectivity index is 1.60. The van der Waals surface area contributed by atoms with Gasteiger partial charge in [-0.3, -0.25) is 4.90 Å². The van der Waals surface area contributed by atoms with E-state index in [9.17, 15) is 9.18 Å². The maximum atomic E-state index is 14.4. The lowest BCUT2D eigenvalue weighted by Crippen LogP contribution is -2.45. The highest BCUT2D eigenvalue weighted by Gasteiger charge is 2.36. The van der Waals surface area contributed by atoms with E-state index >= 15 is 0 Å². The van der Waals surface area contributed by atoms with E-state index in [4.69, 9.17) is 9.51 Å². The summed E-state index contributed by atoms with van der Waals surface area (Å²) in [5, 5.41) is 7.30. The lowest BCUT2D eigenvalue weighted by Gasteiger charge is -2.35. The van der Waals surface area contributed by atoms with Crippen LogP contribution in [0.4, 0.5) is 9.18 Å². The summed E-state index contributed by atoms with van der Waals surface area (Å²) < 4.78 is 20.2. The van der Waals surface area contributed by atoms with E-state index in [0.29, 0.717) is 28.5 Å². The molecule has 4 aromatic rings. The summed E-state index contributed by atoms with van der Waals surface area (Å²) in [6.45, 7) is 6.01. The zero-order valence-electron chi connectivity index (χ0n) is 20.5. The van der Waals surface area contributed by atoms with Crippen LogP contribution in [0.2, 0.25) is 0 Å². The number of hydrogen-bond donors (Lipinski definition) is 1. The summed E-state index contributed by atoms with van der Waals surface area (Å²) in [6.07, 6.45) is 0.916. The first kappa shape index (κ1) is 23.5. The Morgan fingerprint density at radius 1 is 1.03 bits per heavy atom.